The summed E-state index contributed by atoms with van der Waals surface area (Å²) < 4.78 is 0. The molecule has 0 aromatic rings. The molecule has 0 N–H and O–H groups in total. The monoisotopic (exact) mass is 435 g/mol. The molecule has 0 aliphatic heterocycles. The Balaban J connectivity index is 3.62. The normalized spacial score (nSPS) is 12.5. The minimum Gasteiger partial charge on any atom is -0.0654 e. The van der Waals surface area contributed by atoms with E-state index in [0.29, 0.717) is 0 Å². The average Bonchev–Trinajstić information content (AvgIpc) is 2.78. The van der Waals surface area contributed by atoms with Gasteiger partial charge in [0.1, 0.15) is 0 Å². The lowest BCUT2D eigenvalue weighted by atomic mass is 9.89. The Morgan fingerprint density at radius 2 is 0.613 bits per heavy atom. The highest BCUT2D eigenvalue weighted by molar-refractivity contribution is 4.62. The minimum absolute atomic E-state index is 1.02. The quantitative estimate of drug-likeness (QED) is 0.112. The Morgan fingerprint density at radius 1 is 0.355 bits per heavy atom. The molecule has 0 aliphatic carbocycles. The van der Waals surface area contributed by atoms with E-state index >= 15 is 0 Å². The van der Waals surface area contributed by atoms with Gasteiger partial charge in [-0.3, -0.25) is 0 Å². The zero-order chi connectivity index (χ0) is 22.7. The molecule has 0 rings (SSSR count). The van der Waals surface area contributed by atoms with E-state index in [1.807, 2.05) is 0 Å². The molecule has 0 heteroatoms. The van der Waals surface area contributed by atoms with Gasteiger partial charge in [-0.15, -0.1) is 0 Å². The first-order chi connectivity index (χ1) is 15.3. The molecular weight excluding hydrogens is 372 g/mol. The lowest BCUT2D eigenvalue weighted by Gasteiger charge is -2.17. The fourth-order valence-corrected chi connectivity index (χ4v) is 5.06. The molecule has 0 saturated heterocycles. The van der Waals surface area contributed by atoms with Gasteiger partial charge in [0, 0.05) is 0 Å². The van der Waals surface area contributed by atoms with Crippen molar-refractivity contribution in [2.24, 2.45) is 5.92 Å². The van der Waals surface area contributed by atoms with Gasteiger partial charge >= 0.3 is 0 Å². The average molecular weight is 436 g/mol. The van der Waals surface area contributed by atoms with E-state index in [4.69, 9.17) is 0 Å². The maximum Gasteiger partial charge on any atom is -0.0414 e. The summed E-state index contributed by atoms with van der Waals surface area (Å²) in [6.45, 7) is 8.63. The first-order valence-corrected chi connectivity index (χ1v) is 15.1. The van der Waals surface area contributed by atoms with Crippen LogP contribution in [0.25, 0.3) is 0 Å². The summed E-state index contributed by atoms with van der Waals surface area (Å²) in [6, 6.07) is 0. The van der Waals surface area contributed by atoms with Crippen molar-refractivity contribution in [3.8, 4) is 0 Å². The van der Waals surface area contributed by atoms with Crippen LogP contribution in [0, 0.1) is 12.8 Å². The third kappa shape index (κ3) is 26.1. The largest absolute Gasteiger partial charge is 0.0654 e. The topological polar surface area (TPSA) is 0 Å². The van der Waals surface area contributed by atoms with Gasteiger partial charge in [-0.2, -0.15) is 0 Å². The van der Waals surface area contributed by atoms with Crippen LogP contribution >= 0.6 is 0 Å². The summed E-state index contributed by atoms with van der Waals surface area (Å²) in [5, 5.41) is 0. The molecule has 1 radical (unpaired) electrons. The maximum atomic E-state index is 4.01. The summed E-state index contributed by atoms with van der Waals surface area (Å²) in [7, 11) is 0. The van der Waals surface area contributed by atoms with Crippen molar-refractivity contribution in [2.45, 2.75) is 187 Å². The molecule has 0 bridgehead atoms. The zero-order valence-electron chi connectivity index (χ0n) is 22.4. The summed E-state index contributed by atoms with van der Waals surface area (Å²) in [6.07, 6.45) is 39.2. The minimum atomic E-state index is 1.02. The van der Waals surface area contributed by atoms with Gasteiger partial charge in [-0.1, -0.05) is 194 Å². The van der Waals surface area contributed by atoms with Crippen molar-refractivity contribution >= 4 is 0 Å². The lowest BCUT2D eigenvalue weighted by Crippen LogP contribution is -2.01. The standard InChI is InChI=1S/C31H63/c1-4-7-10-13-15-16-17-18-19-20-22-24-27-30-31(28-25-12-9-6-3)29-26-23-21-14-11-8-5-2/h31H,3-30H2,1-2H3. The van der Waals surface area contributed by atoms with E-state index in [1.165, 1.54) is 167 Å². The van der Waals surface area contributed by atoms with Crippen LogP contribution in [0.5, 0.6) is 0 Å². The highest BCUT2D eigenvalue weighted by atomic mass is 14.1. The van der Waals surface area contributed by atoms with Crippen molar-refractivity contribution in [2.75, 3.05) is 0 Å². The van der Waals surface area contributed by atoms with Crippen LogP contribution in [0.1, 0.15) is 187 Å². The van der Waals surface area contributed by atoms with Crippen LogP contribution in [-0.2, 0) is 0 Å². The molecule has 0 nitrogen and oxygen atoms in total. The Hall–Kier alpha value is 0. The van der Waals surface area contributed by atoms with Gasteiger partial charge in [0.05, 0.1) is 0 Å². The van der Waals surface area contributed by atoms with Gasteiger partial charge in [0.25, 0.3) is 0 Å². The van der Waals surface area contributed by atoms with Gasteiger partial charge < -0.3 is 0 Å². The smallest absolute Gasteiger partial charge is 0.0414 e. The van der Waals surface area contributed by atoms with Crippen molar-refractivity contribution < 1.29 is 0 Å². The van der Waals surface area contributed by atoms with E-state index in [2.05, 4.69) is 20.8 Å². The summed E-state index contributed by atoms with van der Waals surface area (Å²) in [4.78, 5) is 0. The maximum absolute atomic E-state index is 4.01. The fraction of sp³-hybridized carbons (Fsp3) is 0.968. The van der Waals surface area contributed by atoms with Crippen molar-refractivity contribution in [3.63, 3.8) is 0 Å². The van der Waals surface area contributed by atoms with E-state index < -0.39 is 0 Å². The van der Waals surface area contributed by atoms with Crippen LogP contribution < -0.4 is 0 Å². The first kappa shape index (κ1) is 31.0. The molecule has 1 unspecified atom stereocenters. The number of hydrogen-bond donors (Lipinski definition) is 0. The molecule has 0 amide bonds. The number of hydrogen-bond acceptors (Lipinski definition) is 0. The van der Waals surface area contributed by atoms with Crippen molar-refractivity contribution in [1.82, 2.24) is 0 Å². The molecular formula is C31H63. The summed E-state index contributed by atoms with van der Waals surface area (Å²) in [5.41, 5.74) is 0. The van der Waals surface area contributed by atoms with Gasteiger partial charge in [-0.25, -0.2) is 0 Å². The Morgan fingerprint density at radius 3 is 0.903 bits per heavy atom. The third-order valence-corrected chi connectivity index (χ3v) is 7.29. The van der Waals surface area contributed by atoms with Gasteiger partial charge in [0.15, 0.2) is 0 Å². The molecule has 0 aromatic carbocycles. The SMILES string of the molecule is [CH2]CCCCCC(CCCCCCCCC)CCCCCCCCCCCCCCC. The second-order valence-electron chi connectivity index (χ2n) is 10.5. The first-order valence-electron chi connectivity index (χ1n) is 15.1. The fourth-order valence-electron chi connectivity index (χ4n) is 5.06. The summed E-state index contributed by atoms with van der Waals surface area (Å²) >= 11 is 0. The zero-order valence-corrected chi connectivity index (χ0v) is 22.4. The predicted molar refractivity (Wildman–Crippen MR) is 145 cm³/mol. The molecule has 31 heavy (non-hydrogen) atoms. The Bertz CT molecular complexity index is 294. The summed E-state index contributed by atoms with van der Waals surface area (Å²) in [5.74, 6) is 1.02. The molecule has 0 aromatic heterocycles. The molecule has 0 fully saturated rings. The molecule has 0 spiro atoms. The van der Waals surface area contributed by atoms with E-state index in [0.717, 1.165) is 12.3 Å². The number of rotatable bonds is 27. The molecule has 187 valence electrons. The van der Waals surface area contributed by atoms with Crippen molar-refractivity contribution in [1.29, 1.82) is 0 Å². The Labute approximate surface area is 200 Å². The predicted octanol–water partition coefficient (Wildman–Crippen LogP) is 12.0. The van der Waals surface area contributed by atoms with E-state index in [1.54, 1.807) is 0 Å². The Kier molecular flexibility index (Phi) is 28.0. The lowest BCUT2D eigenvalue weighted by molar-refractivity contribution is 0.366. The highest BCUT2D eigenvalue weighted by Crippen LogP contribution is 2.24. The molecule has 0 heterocycles. The van der Waals surface area contributed by atoms with Crippen LogP contribution in [0.15, 0.2) is 0 Å². The van der Waals surface area contributed by atoms with Crippen molar-refractivity contribution in [3.05, 3.63) is 6.92 Å². The van der Waals surface area contributed by atoms with Crippen LogP contribution in [0.4, 0.5) is 0 Å². The second-order valence-corrected chi connectivity index (χ2v) is 10.5. The number of unbranched alkanes of at least 4 members (excludes halogenated alkanes) is 21. The molecule has 0 saturated carbocycles. The second kappa shape index (κ2) is 28.0. The highest BCUT2D eigenvalue weighted by Gasteiger charge is 2.08. The van der Waals surface area contributed by atoms with Gasteiger partial charge in [-0.05, 0) is 5.92 Å². The van der Waals surface area contributed by atoms with Crippen LogP contribution in [-0.4, -0.2) is 0 Å². The van der Waals surface area contributed by atoms with Crippen LogP contribution in [0.2, 0.25) is 0 Å². The van der Waals surface area contributed by atoms with Gasteiger partial charge in [0.2, 0.25) is 0 Å². The van der Waals surface area contributed by atoms with E-state index in [9.17, 15) is 0 Å². The van der Waals surface area contributed by atoms with E-state index in [-0.39, 0.29) is 0 Å². The third-order valence-electron chi connectivity index (χ3n) is 7.29. The molecule has 1 atom stereocenters. The molecule has 0 aliphatic rings. The van der Waals surface area contributed by atoms with Crippen LogP contribution in [0.3, 0.4) is 0 Å².